The van der Waals surface area contributed by atoms with Gasteiger partial charge in [0.25, 0.3) is 0 Å². The predicted octanol–water partition coefficient (Wildman–Crippen LogP) is 2.26. The molecule has 22 heavy (non-hydrogen) atoms. The molecule has 0 amide bonds. The van der Waals surface area contributed by atoms with Crippen molar-refractivity contribution in [3.8, 4) is 5.88 Å². The highest BCUT2D eigenvalue weighted by molar-refractivity contribution is 5.32. The van der Waals surface area contributed by atoms with Gasteiger partial charge in [0.2, 0.25) is 5.88 Å². The number of hydrogen-bond donors (Lipinski definition) is 2. The summed E-state index contributed by atoms with van der Waals surface area (Å²) in [6.07, 6.45) is 6.98. The van der Waals surface area contributed by atoms with Crippen molar-refractivity contribution in [3.05, 3.63) is 48.3 Å². The molecule has 5 heteroatoms. The van der Waals surface area contributed by atoms with E-state index in [-0.39, 0.29) is 6.10 Å². The molecule has 0 aromatic carbocycles. The van der Waals surface area contributed by atoms with Gasteiger partial charge in [0, 0.05) is 31.0 Å². The Balaban J connectivity index is 1.30. The summed E-state index contributed by atoms with van der Waals surface area (Å²) in [4.78, 5) is 8.53. The molecule has 2 aromatic rings. The zero-order chi connectivity index (χ0) is 15.0. The van der Waals surface area contributed by atoms with Crippen molar-refractivity contribution in [3.63, 3.8) is 0 Å². The zero-order valence-electron chi connectivity index (χ0n) is 12.7. The van der Waals surface area contributed by atoms with E-state index in [1.54, 1.807) is 12.4 Å². The molecule has 2 N–H and O–H groups in total. The van der Waals surface area contributed by atoms with Crippen LogP contribution in [0.15, 0.2) is 42.7 Å². The molecule has 0 aliphatic carbocycles. The summed E-state index contributed by atoms with van der Waals surface area (Å²) in [7, 11) is 0. The molecule has 0 fully saturated rings. The van der Waals surface area contributed by atoms with Crippen molar-refractivity contribution in [2.45, 2.75) is 25.4 Å². The highest BCUT2D eigenvalue weighted by Gasteiger charge is 2.19. The summed E-state index contributed by atoms with van der Waals surface area (Å²) in [5, 5.41) is 6.76. The maximum absolute atomic E-state index is 5.91. The van der Waals surface area contributed by atoms with Crippen LogP contribution in [0.2, 0.25) is 0 Å². The number of rotatable bonds is 7. The van der Waals surface area contributed by atoms with E-state index in [2.05, 4.69) is 26.7 Å². The second kappa shape index (κ2) is 7.75. The topological polar surface area (TPSA) is 59.1 Å². The third-order valence-electron chi connectivity index (χ3n) is 3.74. The van der Waals surface area contributed by atoms with Gasteiger partial charge in [-0.25, -0.2) is 9.97 Å². The molecule has 0 radical (unpaired) electrons. The highest BCUT2D eigenvalue weighted by Crippen LogP contribution is 2.24. The normalized spacial score (nSPS) is 16.6. The predicted molar refractivity (Wildman–Crippen MR) is 87.2 cm³/mol. The smallest absolute Gasteiger partial charge is 0.216 e. The van der Waals surface area contributed by atoms with Crippen LogP contribution in [-0.2, 0) is 6.42 Å². The Morgan fingerprint density at radius 1 is 1.09 bits per heavy atom. The maximum atomic E-state index is 5.91. The van der Waals surface area contributed by atoms with E-state index in [9.17, 15) is 0 Å². The molecule has 2 aromatic heterocycles. The van der Waals surface area contributed by atoms with Crippen molar-refractivity contribution < 1.29 is 4.74 Å². The fourth-order valence-corrected chi connectivity index (χ4v) is 2.56. The van der Waals surface area contributed by atoms with E-state index >= 15 is 0 Å². The number of ether oxygens (including phenoxy) is 1. The average Bonchev–Trinajstić information content (AvgIpc) is 2.59. The summed E-state index contributed by atoms with van der Waals surface area (Å²) in [5.74, 6) is 1.73. The third kappa shape index (κ3) is 4.18. The molecular weight excluding hydrogens is 276 g/mol. The number of aryl methyl sites for hydroxylation is 1. The molecule has 5 nitrogen and oxygen atoms in total. The lowest BCUT2D eigenvalue weighted by Crippen LogP contribution is -2.35. The van der Waals surface area contributed by atoms with Crippen LogP contribution in [0, 0.1) is 0 Å². The molecular formula is C17H22N4O. The molecule has 1 aliphatic heterocycles. The monoisotopic (exact) mass is 298 g/mol. The van der Waals surface area contributed by atoms with Gasteiger partial charge in [0.1, 0.15) is 11.9 Å². The van der Waals surface area contributed by atoms with E-state index in [1.165, 1.54) is 5.56 Å². The first-order valence-corrected chi connectivity index (χ1v) is 7.88. The minimum atomic E-state index is 0.228. The van der Waals surface area contributed by atoms with Gasteiger partial charge >= 0.3 is 0 Å². The SMILES string of the molecule is c1ccc(NCCCNCC2CCc3cccnc3O2)nc1. The van der Waals surface area contributed by atoms with Crippen LogP contribution in [0.3, 0.4) is 0 Å². The molecule has 1 aliphatic rings. The standard InChI is InChI=1S/C17H22N4O/c1-2-10-19-16(6-1)20-12-4-9-18-13-15-8-7-14-5-3-11-21-17(14)22-15/h1-3,5-6,10-11,15,18H,4,7-9,12-13H2,(H,19,20). The minimum Gasteiger partial charge on any atom is -0.473 e. The Hall–Kier alpha value is -2.14. The fourth-order valence-electron chi connectivity index (χ4n) is 2.56. The van der Waals surface area contributed by atoms with Crippen LogP contribution in [0.4, 0.5) is 5.82 Å². The van der Waals surface area contributed by atoms with Crippen LogP contribution in [0.25, 0.3) is 0 Å². The molecule has 3 rings (SSSR count). The van der Waals surface area contributed by atoms with Gasteiger partial charge in [-0.15, -0.1) is 0 Å². The molecule has 1 atom stereocenters. The van der Waals surface area contributed by atoms with E-state index in [4.69, 9.17) is 4.74 Å². The molecule has 3 heterocycles. The van der Waals surface area contributed by atoms with E-state index in [1.807, 2.05) is 24.3 Å². The molecule has 0 spiro atoms. The summed E-state index contributed by atoms with van der Waals surface area (Å²) >= 11 is 0. The second-order valence-electron chi connectivity index (χ2n) is 5.45. The molecule has 0 saturated carbocycles. The number of nitrogens with zero attached hydrogens (tertiary/aromatic N) is 2. The number of nitrogens with one attached hydrogen (secondary N) is 2. The minimum absolute atomic E-state index is 0.228. The molecule has 1 unspecified atom stereocenters. The molecule has 116 valence electrons. The third-order valence-corrected chi connectivity index (χ3v) is 3.74. The van der Waals surface area contributed by atoms with Crippen molar-refractivity contribution in [1.29, 1.82) is 0 Å². The molecule has 0 saturated heterocycles. The number of aromatic nitrogens is 2. The van der Waals surface area contributed by atoms with Crippen molar-refractivity contribution in [2.75, 3.05) is 25.0 Å². The average molecular weight is 298 g/mol. The Morgan fingerprint density at radius 3 is 2.95 bits per heavy atom. The van der Waals surface area contributed by atoms with Gasteiger partial charge in [-0.3, -0.25) is 0 Å². The summed E-state index contributed by atoms with van der Waals surface area (Å²) < 4.78 is 5.91. The number of hydrogen-bond acceptors (Lipinski definition) is 5. The Kier molecular flexibility index (Phi) is 5.21. The summed E-state index contributed by atoms with van der Waals surface area (Å²) in [6.45, 7) is 2.76. The number of anilines is 1. The van der Waals surface area contributed by atoms with Crippen LogP contribution in [0.5, 0.6) is 5.88 Å². The summed E-state index contributed by atoms with van der Waals surface area (Å²) in [5.41, 5.74) is 1.22. The highest BCUT2D eigenvalue weighted by atomic mass is 16.5. The number of pyridine rings is 2. The van der Waals surface area contributed by atoms with Crippen LogP contribution >= 0.6 is 0 Å². The van der Waals surface area contributed by atoms with Gasteiger partial charge in [-0.1, -0.05) is 12.1 Å². The van der Waals surface area contributed by atoms with Gasteiger partial charge in [-0.2, -0.15) is 0 Å². The zero-order valence-corrected chi connectivity index (χ0v) is 12.7. The first-order valence-electron chi connectivity index (χ1n) is 7.88. The first-order chi connectivity index (χ1) is 10.9. The first kappa shape index (κ1) is 14.8. The van der Waals surface area contributed by atoms with Crippen LogP contribution in [0.1, 0.15) is 18.4 Å². The largest absolute Gasteiger partial charge is 0.473 e. The fraction of sp³-hybridized carbons (Fsp3) is 0.412. The van der Waals surface area contributed by atoms with Crippen molar-refractivity contribution in [2.24, 2.45) is 0 Å². The van der Waals surface area contributed by atoms with E-state index in [0.717, 1.165) is 50.6 Å². The van der Waals surface area contributed by atoms with Gasteiger partial charge in [-0.05, 0) is 44.0 Å². The van der Waals surface area contributed by atoms with E-state index < -0.39 is 0 Å². The molecule has 0 bridgehead atoms. The van der Waals surface area contributed by atoms with Gasteiger partial charge in [0.05, 0.1) is 0 Å². The van der Waals surface area contributed by atoms with Gasteiger partial charge < -0.3 is 15.4 Å². The second-order valence-corrected chi connectivity index (χ2v) is 5.45. The maximum Gasteiger partial charge on any atom is 0.216 e. The summed E-state index contributed by atoms with van der Waals surface area (Å²) in [6, 6.07) is 9.95. The Morgan fingerprint density at radius 2 is 2.05 bits per heavy atom. The van der Waals surface area contributed by atoms with Crippen LogP contribution < -0.4 is 15.4 Å². The Labute approximate surface area is 131 Å². The van der Waals surface area contributed by atoms with Gasteiger partial charge in [0.15, 0.2) is 0 Å². The lowest BCUT2D eigenvalue weighted by atomic mass is 10.1. The lowest BCUT2D eigenvalue weighted by molar-refractivity contribution is 0.163. The van der Waals surface area contributed by atoms with Crippen molar-refractivity contribution in [1.82, 2.24) is 15.3 Å². The van der Waals surface area contributed by atoms with Crippen LogP contribution in [-0.4, -0.2) is 35.7 Å². The van der Waals surface area contributed by atoms with Crippen molar-refractivity contribution >= 4 is 5.82 Å². The quantitative estimate of drug-likeness (QED) is 0.768. The lowest BCUT2D eigenvalue weighted by Gasteiger charge is -2.25. The Bertz CT molecular complexity index is 576. The number of fused-ring (bicyclic) bond motifs is 1. The van der Waals surface area contributed by atoms with E-state index in [0.29, 0.717) is 0 Å².